The van der Waals surface area contributed by atoms with Crippen molar-refractivity contribution >= 4 is 23.2 Å². The molecule has 0 unspecified atom stereocenters. The quantitative estimate of drug-likeness (QED) is 0.693. The minimum absolute atomic E-state index is 0.0315. The summed E-state index contributed by atoms with van der Waals surface area (Å²) in [6.07, 6.45) is 1.68. The number of fused-ring (bicyclic) bond motifs is 1. The molecule has 2 rings (SSSR count). The topological polar surface area (TPSA) is 20.3 Å². The number of nitrogens with zero attached hydrogens (tertiary/aromatic N) is 1. The Hall–Kier alpha value is -1.09. The number of hydrogen-bond acceptors (Lipinski definition) is 1. The SMILES string of the molecule is Cc1cc(F)cc2c1N(C(=O)CCl)CCC2. The zero-order valence-electron chi connectivity index (χ0n) is 9.09. The van der Waals surface area contributed by atoms with Crippen LogP contribution in [0.2, 0.25) is 0 Å². The third kappa shape index (κ3) is 1.92. The number of amides is 1. The van der Waals surface area contributed by atoms with Gasteiger partial charge in [0, 0.05) is 12.2 Å². The Labute approximate surface area is 99.0 Å². The van der Waals surface area contributed by atoms with E-state index in [4.69, 9.17) is 11.6 Å². The number of alkyl halides is 1. The van der Waals surface area contributed by atoms with Crippen molar-refractivity contribution < 1.29 is 9.18 Å². The molecular formula is C12H13ClFNO. The molecule has 1 heterocycles. The van der Waals surface area contributed by atoms with Crippen LogP contribution in [-0.2, 0) is 11.2 Å². The van der Waals surface area contributed by atoms with Crippen LogP contribution in [0.4, 0.5) is 10.1 Å². The first kappa shape index (κ1) is 11.4. The summed E-state index contributed by atoms with van der Waals surface area (Å²) in [4.78, 5) is 13.3. The fourth-order valence-electron chi connectivity index (χ4n) is 2.24. The van der Waals surface area contributed by atoms with E-state index in [1.807, 2.05) is 6.92 Å². The van der Waals surface area contributed by atoms with Crippen molar-refractivity contribution in [2.24, 2.45) is 0 Å². The van der Waals surface area contributed by atoms with Crippen molar-refractivity contribution in [1.29, 1.82) is 0 Å². The predicted molar refractivity (Wildman–Crippen MR) is 62.5 cm³/mol. The van der Waals surface area contributed by atoms with Gasteiger partial charge in [-0.05, 0) is 43.0 Å². The maximum atomic E-state index is 13.2. The van der Waals surface area contributed by atoms with Gasteiger partial charge in [-0.3, -0.25) is 4.79 Å². The lowest BCUT2D eigenvalue weighted by Gasteiger charge is -2.30. The van der Waals surface area contributed by atoms with E-state index >= 15 is 0 Å². The zero-order valence-corrected chi connectivity index (χ0v) is 9.85. The molecule has 0 aliphatic carbocycles. The smallest absolute Gasteiger partial charge is 0.241 e. The van der Waals surface area contributed by atoms with Gasteiger partial charge in [-0.2, -0.15) is 0 Å². The molecule has 1 aromatic rings. The standard InChI is InChI=1S/C12H13ClFNO/c1-8-5-10(14)6-9-3-2-4-15(12(8)9)11(16)7-13/h5-6H,2-4,7H2,1H3. The van der Waals surface area contributed by atoms with Crippen LogP contribution in [0.3, 0.4) is 0 Å². The second-order valence-corrected chi connectivity index (χ2v) is 4.28. The van der Waals surface area contributed by atoms with Crippen molar-refractivity contribution in [2.75, 3.05) is 17.3 Å². The van der Waals surface area contributed by atoms with Crippen molar-refractivity contribution in [2.45, 2.75) is 19.8 Å². The van der Waals surface area contributed by atoms with Gasteiger partial charge in [0.25, 0.3) is 0 Å². The molecule has 0 bridgehead atoms. The number of rotatable bonds is 1. The number of carbonyl (C=O) groups is 1. The fraction of sp³-hybridized carbons (Fsp3) is 0.417. The van der Waals surface area contributed by atoms with Crippen molar-refractivity contribution in [3.63, 3.8) is 0 Å². The van der Waals surface area contributed by atoms with Crippen molar-refractivity contribution in [3.05, 3.63) is 29.1 Å². The maximum absolute atomic E-state index is 13.2. The summed E-state index contributed by atoms with van der Waals surface area (Å²) in [6, 6.07) is 2.97. The van der Waals surface area contributed by atoms with E-state index in [2.05, 4.69) is 0 Å². The highest BCUT2D eigenvalue weighted by atomic mass is 35.5. The molecule has 0 saturated carbocycles. The molecule has 0 saturated heterocycles. The number of carbonyl (C=O) groups excluding carboxylic acids is 1. The highest BCUT2D eigenvalue weighted by Crippen LogP contribution is 2.31. The van der Waals surface area contributed by atoms with Gasteiger partial charge >= 0.3 is 0 Å². The molecule has 1 aliphatic heterocycles. The molecule has 0 aromatic heterocycles. The van der Waals surface area contributed by atoms with Crippen LogP contribution < -0.4 is 4.90 Å². The molecule has 4 heteroatoms. The lowest BCUT2D eigenvalue weighted by atomic mass is 9.98. The predicted octanol–water partition coefficient (Wildman–Crippen LogP) is 2.65. The number of hydrogen-bond donors (Lipinski definition) is 0. The van der Waals surface area contributed by atoms with Crippen LogP contribution in [0.1, 0.15) is 17.5 Å². The summed E-state index contributed by atoms with van der Waals surface area (Å²) in [5, 5.41) is 0. The van der Waals surface area contributed by atoms with Gasteiger partial charge in [0.05, 0.1) is 0 Å². The first-order valence-electron chi connectivity index (χ1n) is 5.29. The Morgan fingerprint density at radius 3 is 3.00 bits per heavy atom. The van der Waals surface area contributed by atoms with E-state index in [1.165, 1.54) is 12.1 Å². The minimum atomic E-state index is -0.239. The van der Waals surface area contributed by atoms with E-state index in [-0.39, 0.29) is 17.6 Å². The number of halogens is 2. The average Bonchev–Trinajstić information content (AvgIpc) is 2.26. The van der Waals surface area contributed by atoms with Crippen LogP contribution in [0.25, 0.3) is 0 Å². The molecular weight excluding hydrogens is 229 g/mol. The van der Waals surface area contributed by atoms with Crippen LogP contribution >= 0.6 is 11.6 Å². The molecule has 0 N–H and O–H groups in total. The lowest BCUT2D eigenvalue weighted by Crippen LogP contribution is -2.37. The van der Waals surface area contributed by atoms with E-state index in [0.717, 1.165) is 29.7 Å². The van der Waals surface area contributed by atoms with Gasteiger partial charge in [-0.15, -0.1) is 11.6 Å². The Morgan fingerprint density at radius 2 is 2.31 bits per heavy atom. The second kappa shape index (κ2) is 4.42. The van der Waals surface area contributed by atoms with Crippen LogP contribution in [0, 0.1) is 12.7 Å². The number of aryl methyl sites for hydroxylation is 2. The lowest BCUT2D eigenvalue weighted by molar-refractivity contribution is -0.116. The van der Waals surface area contributed by atoms with Crippen molar-refractivity contribution in [1.82, 2.24) is 0 Å². The Bertz CT molecular complexity index is 433. The molecule has 1 aliphatic rings. The Morgan fingerprint density at radius 1 is 1.56 bits per heavy atom. The van der Waals surface area contributed by atoms with Gasteiger partial charge in [0.1, 0.15) is 11.7 Å². The molecule has 2 nitrogen and oxygen atoms in total. The molecule has 0 radical (unpaired) electrons. The van der Waals surface area contributed by atoms with E-state index < -0.39 is 0 Å². The fourth-order valence-corrected chi connectivity index (χ4v) is 2.39. The molecule has 0 fully saturated rings. The van der Waals surface area contributed by atoms with Crippen LogP contribution in [0.15, 0.2) is 12.1 Å². The third-order valence-electron chi connectivity index (χ3n) is 2.86. The molecule has 0 atom stereocenters. The normalized spacial score (nSPS) is 14.8. The number of benzene rings is 1. The second-order valence-electron chi connectivity index (χ2n) is 4.01. The Balaban J connectivity index is 2.49. The summed E-state index contributed by atoms with van der Waals surface area (Å²) in [5.41, 5.74) is 2.55. The highest BCUT2D eigenvalue weighted by Gasteiger charge is 2.24. The summed E-state index contributed by atoms with van der Waals surface area (Å²) in [5.74, 6) is -0.385. The third-order valence-corrected chi connectivity index (χ3v) is 3.09. The monoisotopic (exact) mass is 241 g/mol. The first-order valence-corrected chi connectivity index (χ1v) is 5.82. The van der Waals surface area contributed by atoms with E-state index in [1.54, 1.807) is 4.90 Å². The van der Waals surface area contributed by atoms with E-state index in [9.17, 15) is 9.18 Å². The summed E-state index contributed by atoms with van der Waals surface area (Å²) < 4.78 is 13.2. The van der Waals surface area contributed by atoms with Gasteiger partial charge < -0.3 is 4.90 Å². The maximum Gasteiger partial charge on any atom is 0.241 e. The van der Waals surface area contributed by atoms with Gasteiger partial charge in [0.2, 0.25) is 5.91 Å². The Kier molecular flexibility index (Phi) is 3.15. The van der Waals surface area contributed by atoms with Gasteiger partial charge in [-0.25, -0.2) is 4.39 Å². The van der Waals surface area contributed by atoms with Crippen molar-refractivity contribution in [3.8, 4) is 0 Å². The molecule has 16 heavy (non-hydrogen) atoms. The van der Waals surface area contributed by atoms with Gasteiger partial charge in [0.15, 0.2) is 0 Å². The number of anilines is 1. The van der Waals surface area contributed by atoms with Crippen LogP contribution in [0.5, 0.6) is 0 Å². The van der Waals surface area contributed by atoms with E-state index in [0.29, 0.717) is 6.54 Å². The summed E-state index contributed by atoms with van der Waals surface area (Å²) in [7, 11) is 0. The van der Waals surface area contributed by atoms with Crippen LogP contribution in [-0.4, -0.2) is 18.3 Å². The molecule has 1 amide bonds. The van der Waals surface area contributed by atoms with Gasteiger partial charge in [-0.1, -0.05) is 0 Å². The largest absolute Gasteiger partial charge is 0.311 e. The average molecular weight is 242 g/mol. The summed E-state index contributed by atoms with van der Waals surface area (Å²) >= 11 is 5.57. The minimum Gasteiger partial charge on any atom is -0.311 e. The summed E-state index contributed by atoms with van der Waals surface area (Å²) in [6.45, 7) is 2.49. The molecule has 1 aromatic carbocycles. The first-order chi connectivity index (χ1) is 7.63. The molecule has 0 spiro atoms. The highest BCUT2D eigenvalue weighted by molar-refractivity contribution is 6.29. The molecule has 86 valence electrons. The zero-order chi connectivity index (χ0) is 11.7.